The fraction of sp³-hybridized carbons (Fsp3) is 0.211. The maximum Gasteiger partial charge on any atom is 0.260 e. The first-order valence-electron chi connectivity index (χ1n) is 8.11. The number of halogens is 1. The van der Waals surface area contributed by atoms with Crippen molar-refractivity contribution in [3.8, 4) is 11.5 Å². The Morgan fingerprint density at radius 2 is 2.08 bits per heavy atom. The molecule has 1 fully saturated rings. The molecule has 26 heavy (non-hydrogen) atoms. The van der Waals surface area contributed by atoms with Gasteiger partial charge in [0, 0.05) is 22.3 Å². The third-order valence-corrected chi connectivity index (χ3v) is 5.21. The summed E-state index contributed by atoms with van der Waals surface area (Å²) in [6.45, 7) is 2.10. The van der Waals surface area contributed by atoms with Crippen molar-refractivity contribution in [2.24, 2.45) is 0 Å². The van der Waals surface area contributed by atoms with Gasteiger partial charge in [0.25, 0.3) is 5.91 Å². The van der Waals surface area contributed by atoms with Gasteiger partial charge in [0.1, 0.15) is 0 Å². The second-order valence-corrected chi connectivity index (χ2v) is 7.30. The van der Waals surface area contributed by atoms with Crippen molar-refractivity contribution in [3.05, 3.63) is 57.5 Å². The molecule has 1 amide bonds. The molecule has 0 spiro atoms. The van der Waals surface area contributed by atoms with Crippen LogP contribution in [0.25, 0.3) is 6.08 Å². The number of benzene rings is 2. The lowest BCUT2D eigenvalue weighted by Gasteiger charge is -2.13. The van der Waals surface area contributed by atoms with Crippen LogP contribution in [0.2, 0.25) is 5.02 Å². The molecule has 0 aromatic heterocycles. The number of ether oxygens (including phenoxy) is 1. The molecule has 0 radical (unpaired) electrons. The number of hydrogen-bond donors (Lipinski definition) is 3. The molecule has 1 saturated heterocycles. The molecule has 5 nitrogen and oxygen atoms in total. The summed E-state index contributed by atoms with van der Waals surface area (Å²) in [5.74, 6) is -0.00108. The van der Waals surface area contributed by atoms with Crippen molar-refractivity contribution in [2.45, 2.75) is 18.8 Å². The van der Waals surface area contributed by atoms with Crippen LogP contribution in [0.3, 0.4) is 0 Å². The van der Waals surface area contributed by atoms with E-state index in [0.717, 1.165) is 12.1 Å². The number of hydrogen-bond acceptors (Lipinski definition) is 5. The Morgan fingerprint density at radius 3 is 2.73 bits per heavy atom. The third kappa shape index (κ3) is 4.08. The van der Waals surface area contributed by atoms with Crippen molar-refractivity contribution >= 4 is 41.0 Å². The van der Waals surface area contributed by atoms with Crippen LogP contribution in [0, 0.1) is 0 Å². The van der Waals surface area contributed by atoms with Crippen LogP contribution in [0.5, 0.6) is 11.5 Å². The number of methoxy groups -OCH3 is 1. The van der Waals surface area contributed by atoms with E-state index in [4.69, 9.17) is 16.3 Å². The van der Waals surface area contributed by atoms with Crippen LogP contribution in [0.15, 0.2) is 41.3 Å². The first-order valence-corrected chi connectivity index (χ1v) is 9.37. The standard InChI is InChI=1S/C19H19ClN2O3S/c1-3-11-4-6-14(7-5-11)21-19-22-18(24)16(26-19)9-12-8-13(20)10-15(25-2)17(12)23/h4-10,19,21,23H,3H2,1-2H3,(H,22,24)/b16-9-/t19-/m1/s1. The predicted octanol–water partition coefficient (Wildman–Crippen LogP) is 4.22. The lowest BCUT2D eigenvalue weighted by molar-refractivity contribution is -0.116. The number of phenolic OH excluding ortho intramolecular Hbond substituents is 1. The number of amides is 1. The van der Waals surface area contributed by atoms with Gasteiger partial charge < -0.3 is 20.5 Å². The Balaban J connectivity index is 1.77. The number of aromatic hydroxyl groups is 1. The highest BCUT2D eigenvalue weighted by Crippen LogP contribution is 2.37. The highest BCUT2D eigenvalue weighted by atomic mass is 35.5. The van der Waals surface area contributed by atoms with Gasteiger partial charge in [0.05, 0.1) is 12.0 Å². The fourth-order valence-corrected chi connectivity index (χ4v) is 3.75. The molecular formula is C19H19ClN2O3S. The summed E-state index contributed by atoms with van der Waals surface area (Å²) in [6.07, 6.45) is 2.58. The van der Waals surface area contributed by atoms with Crippen LogP contribution in [0.4, 0.5) is 5.69 Å². The molecule has 7 heteroatoms. The van der Waals surface area contributed by atoms with Gasteiger partial charge in [-0.1, -0.05) is 42.4 Å². The number of rotatable bonds is 5. The molecule has 136 valence electrons. The first-order chi connectivity index (χ1) is 12.5. The van der Waals surface area contributed by atoms with E-state index < -0.39 is 0 Å². The summed E-state index contributed by atoms with van der Waals surface area (Å²) in [5, 5.41) is 16.8. The molecular weight excluding hydrogens is 372 g/mol. The van der Waals surface area contributed by atoms with E-state index in [0.29, 0.717) is 15.5 Å². The topological polar surface area (TPSA) is 70.6 Å². The molecule has 0 unspecified atom stereocenters. The first kappa shape index (κ1) is 18.5. The second-order valence-electron chi connectivity index (χ2n) is 5.72. The minimum atomic E-state index is -0.288. The number of nitrogens with one attached hydrogen (secondary N) is 2. The lowest BCUT2D eigenvalue weighted by atomic mass is 10.1. The average Bonchev–Trinajstić information content (AvgIpc) is 2.97. The molecule has 1 aliphatic rings. The summed E-state index contributed by atoms with van der Waals surface area (Å²) in [6, 6.07) is 11.2. The largest absolute Gasteiger partial charge is 0.504 e. The minimum absolute atomic E-state index is 0.0515. The molecule has 0 bridgehead atoms. The van der Waals surface area contributed by atoms with Crippen molar-refractivity contribution in [1.29, 1.82) is 0 Å². The van der Waals surface area contributed by atoms with Crippen molar-refractivity contribution < 1.29 is 14.6 Å². The Kier molecular flexibility index (Phi) is 5.64. The number of phenols is 1. The SMILES string of the molecule is CCc1ccc(N[C@@H]2NC(=O)/C(=C/c3cc(Cl)cc(OC)c3O)S2)cc1. The number of thioether (sulfide) groups is 1. The molecule has 3 rings (SSSR count). The van der Waals surface area contributed by atoms with Gasteiger partial charge in [-0.15, -0.1) is 0 Å². The maximum absolute atomic E-state index is 12.2. The Labute approximate surface area is 161 Å². The van der Waals surface area contributed by atoms with E-state index in [-0.39, 0.29) is 22.9 Å². The van der Waals surface area contributed by atoms with E-state index in [1.165, 1.54) is 30.5 Å². The van der Waals surface area contributed by atoms with E-state index in [1.54, 1.807) is 12.1 Å². The summed E-state index contributed by atoms with van der Waals surface area (Å²) < 4.78 is 5.09. The van der Waals surface area contributed by atoms with Crippen molar-refractivity contribution in [3.63, 3.8) is 0 Å². The molecule has 2 aromatic rings. The number of aryl methyl sites for hydroxylation is 1. The smallest absolute Gasteiger partial charge is 0.260 e. The molecule has 0 saturated carbocycles. The third-order valence-electron chi connectivity index (χ3n) is 3.97. The van der Waals surface area contributed by atoms with Gasteiger partial charge in [0.2, 0.25) is 0 Å². The van der Waals surface area contributed by atoms with Crippen LogP contribution in [-0.4, -0.2) is 23.6 Å². The zero-order valence-electron chi connectivity index (χ0n) is 14.4. The van der Waals surface area contributed by atoms with Crippen LogP contribution in [0.1, 0.15) is 18.1 Å². The van der Waals surface area contributed by atoms with Crippen LogP contribution < -0.4 is 15.4 Å². The summed E-state index contributed by atoms with van der Waals surface area (Å²) >= 11 is 7.38. The number of carbonyl (C=O) groups excluding carboxylic acids is 1. The van der Waals surface area contributed by atoms with E-state index in [2.05, 4.69) is 29.7 Å². The van der Waals surface area contributed by atoms with Gasteiger partial charge in [-0.25, -0.2) is 0 Å². The van der Waals surface area contributed by atoms with Gasteiger partial charge >= 0.3 is 0 Å². The summed E-state index contributed by atoms with van der Waals surface area (Å²) in [4.78, 5) is 12.7. The molecule has 2 aromatic carbocycles. The van der Waals surface area contributed by atoms with Gasteiger partial charge in [0.15, 0.2) is 17.0 Å². The number of anilines is 1. The quantitative estimate of drug-likeness (QED) is 0.667. The van der Waals surface area contributed by atoms with Gasteiger partial charge in [-0.3, -0.25) is 4.79 Å². The highest BCUT2D eigenvalue weighted by Gasteiger charge is 2.27. The van der Waals surface area contributed by atoms with Gasteiger partial charge in [-0.2, -0.15) is 0 Å². The fourth-order valence-electron chi connectivity index (χ4n) is 2.55. The van der Waals surface area contributed by atoms with Crippen molar-refractivity contribution in [1.82, 2.24) is 5.32 Å². The number of carbonyl (C=O) groups is 1. The summed E-state index contributed by atoms with van der Waals surface area (Å²) in [5.41, 5.74) is 2.32. The Morgan fingerprint density at radius 1 is 1.35 bits per heavy atom. The second kappa shape index (κ2) is 7.93. The monoisotopic (exact) mass is 390 g/mol. The molecule has 1 heterocycles. The normalized spacial score (nSPS) is 18.0. The minimum Gasteiger partial charge on any atom is -0.504 e. The highest BCUT2D eigenvalue weighted by molar-refractivity contribution is 8.05. The average molecular weight is 391 g/mol. The van der Waals surface area contributed by atoms with Crippen LogP contribution in [-0.2, 0) is 11.2 Å². The molecule has 3 N–H and O–H groups in total. The van der Waals surface area contributed by atoms with Gasteiger partial charge in [-0.05, 0) is 36.3 Å². The Bertz CT molecular complexity index is 853. The molecule has 1 atom stereocenters. The van der Waals surface area contributed by atoms with E-state index in [9.17, 15) is 9.90 Å². The zero-order valence-corrected chi connectivity index (χ0v) is 15.9. The lowest BCUT2D eigenvalue weighted by Crippen LogP contribution is -2.30. The van der Waals surface area contributed by atoms with E-state index in [1.807, 2.05) is 12.1 Å². The predicted molar refractivity (Wildman–Crippen MR) is 107 cm³/mol. The van der Waals surface area contributed by atoms with E-state index >= 15 is 0 Å². The maximum atomic E-state index is 12.2. The van der Waals surface area contributed by atoms with Crippen LogP contribution >= 0.6 is 23.4 Å². The van der Waals surface area contributed by atoms with Crippen molar-refractivity contribution in [2.75, 3.05) is 12.4 Å². The molecule has 0 aliphatic carbocycles. The summed E-state index contributed by atoms with van der Waals surface area (Å²) in [7, 11) is 1.45. The Hall–Kier alpha value is -2.31. The molecule has 1 aliphatic heterocycles. The zero-order chi connectivity index (χ0) is 18.7.